The monoisotopic (exact) mass is 270 g/mol. The molecule has 18 heavy (non-hydrogen) atoms. The van der Waals surface area contributed by atoms with Gasteiger partial charge >= 0.3 is 11.8 Å². The van der Waals surface area contributed by atoms with Gasteiger partial charge in [0.05, 0.1) is 6.54 Å². The molecule has 0 saturated carbocycles. The first-order chi connectivity index (χ1) is 8.33. The summed E-state index contributed by atoms with van der Waals surface area (Å²) in [5, 5.41) is 16.9. The average molecular weight is 270 g/mol. The number of rotatable bonds is 4. The van der Waals surface area contributed by atoms with Crippen LogP contribution in [-0.2, 0) is 15.2 Å². The fraction of sp³-hybridized carbons (Fsp3) is 0.500. The van der Waals surface area contributed by atoms with Crippen LogP contribution < -0.4 is 10.6 Å². The highest BCUT2D eigenvalue weighted by molar-refractivity contribution is 7.10. The zero-order chi connectivity index (χ0) is 13.8. The third-order valence-electron chi connectivity index (χ3n) is 2.27. The van der Waals surface area contributed by atoms with Crippen molar-refractivity contribution in [1.82, 2.24) is 10.6 Å². The van der Waals surface area contributed by atoms with E-state index in [0.717, 1.165) is 4.88 Å². The Hall–Kier alpha value is -1.40. The minimum atomic E-state index is -1.16. The quantitative estimate of drug-likeness (QED) is 0.701. The summed E-state index contributed by atoms with van der Waals surface area (Å²) in [6, 6.07) is 3.51. The molecule has 1 heterocycles. The molecule has 0 saturated heterocycles. The van der Waals surface area contributed by atoms with Crippen molar-refractivity contribution >= 4 is 23.2 Å². The Morgan fingerprint density at radius 2 is 2.11 bits per heavy atom. The first-order valence-electron chi connectivity index (χ1n) is 5.68. The van der Waals surface area contributed by atoms with E-state index in [1.54, 1.807) is 26.8 Å². The molecular weight excluding hydrogens is 252 g/mol. The predicted octanol–water partition coefficient (Wildman–Crippen LogP) is 0.596. The van der Waals surface area contributed by atoms with E-state index >= 15 is 0 Å². The van der Waals surface area contributed by atoms with Crippen LogP contribution in [0.1, 0.15) is 25.6 Å². The van der Waals surface area contributed by atoms with Crippen molar-refractivity contribution in [3.05, 3.63) is 22.4 Å². The zero-order valence-electron chi connectivity index (χ0n) is 10.7. The van der Waals surface area contributed by atoms with E-state index in [0.29, 0.717) is 0 Å². The minimum absolute atomic E-state index is 0.00212. The molecule has 0 aromatic carbocycles. The Morgan fingerprint density at radius 1 is 1.44 bits per heavy atom. The molecule has 100 valence electrons. The average Bonchev–Trinajstić information content (AvgIpc) is 2.78. The number of carbonyl (C=O) groups is 2. The second-order valence-corrected chi connectivity index (χ2v) is 5.51. The molecule has 5 nitrogen and oxygen atoms in total. The van der Waals surface area contributed by atoms with E-state index in [2.05, 4.69) is 10.6 Å². The molecule has 2 amide bonds. The van der Waals surface area contributed by atoms with Gasteiger partial charge in [0.15, 0.2) is 0 Å². The van der Waals surface area contributed by atoms with Crippen molar-refractivity contribution in [2.24, 2.45) is 0 Å². The molecule has 1 aromatic heterocycles. The summed E-state index contributed by atoms with van der Waals surface area (Å²) in [5.74, 6) is -1.42. The Morgan fingerprint density at radius 3 is 2.61 bits per heavy atom. The molecule has 3 N–H and O–H groups in total. The van der Waals surface area contributed by atoms with Gasteiger partial charge in [0.25, 0.3) is 0 Å². The molecule has 0 radical (unpaired) electrons. The number of hydrogen-bond acceptors (Lipinski definition) is 4. The highest BCUT2D eigenvalue weighted by Gasteiger charge is 2.26. The molecule has 1 atom stereocenters. The van der Waals surface area contributed by atoms with Crippen LogP contribution in [0.3, 0.4) is 0 Å². The normalized spacial score (nSPS) is 14.1. The molecule has 0 aliphatic carbocycles. The minimum Gasteiger partial charge on any atom is -0.383 e. The maximum Gasteiger partial charge on any atom is 0.309 e. The van der Waals surface area contributed by atoms with Gasteiger partial charge < -0.3 is 15.7 Å². The molecule has 6 heteroatoms. The molecule has 0 bridgehead atoms. The van der Waals surface area contributed by atoms with Crippen LogP contribution in [0.25, 0.3) is 0 Å². The van der Waals surface area contributed by atoms with Crippen molar-refractivity contribution < 1.29 is 14.7 Å². The third kappa shape index (κ3) is 4.12. The number of hydrogen-bond donors (Lipinski definition) is 3. The zero-order valence-corrected chi connectivity index (χ0v) is 11.5. The highest BCUT2D eigenvalue weighted by Crippen LogP contribution is 2.24. The van der Waals surface area contributed by atoms with Crippen molar-refractivity contribution in [2.75, 3.05) is 6.54 Å². The maximum atomic E-state index is 11.5. The van der Waals surface area contributed by atoms with E-state index < -0.39 is 17.4 Å². The number of nitrogens with one attached hydrogen (secondary N) is 2. The Balaban J connectivity index is 2.50. The van der Waals surface area contributed by atoms with Crippen LogP contribution in [0.5, 0.6) is 0 Å². The number of aliphatic hydroxyl groups is 1. The molecule has 1 aromatic rings. The smallest absolute Gasteiger partial charge is 0.309 e. The number of amides is 2. The molecule has 1 unspecified atom stereocenters. The van der Waals surface area contributed by atoms with Gasteiger partial charge in [-0.15, -0.1) is 11.3 Å². The van der Waals surface area contributed by atoms with E-state index in [-0.39, 0.29) is 12.6 Å². The van der Waals surface area contributed by atoms with Crippen LogP contribution in [0.15, 0.2) is 17.5 Å². The van der Waals surface area contributed by atoms with E-state index in [4.69, 9.17) is 0 Å². The van der Waals surface area contributed by atoms with Crippen LogP contribution >= 0.6 is 11.3 Å². The second-order valence-electron chi connectivity index (χ2n) is 4.56. The lowest BCUT2D eigenvalue weighted by Gasteiger charge is -2.22. The maximum absolute atomic E-state index is 11.5. The number of carbonyl (C=O) groups excluding carboxylic acids is 2. The molecule has 0 spiro atoms. The van der Waals surface area contributed by atoms with Crippen LogP contribution in [0.2, 0.25) is 0 Å². The van der Waals surface area contributed by atoms with E-state index in [1.807, 2.05) is 11.4 Å². The molecular formula is C12H18N2O3S. The summed E-state index contributed by atoms with van der Waals surface area (Å²) < 4.78 is 0. The Bertz CT molecular complexity index is 413. The fourth-order valence-corrected chi connectivity index (χ4v) is 2.12. The summed E-state index contributed by atoms with van der Waals surface area (Å²) in [4.78, 5) is 23.6. The summed E-state index contributed by atoms with van der Waals surface area (Å²) in [7, 11) is 0. The summed E-state index contributed by atoms with van der Waals surface area (Å²) in [5.41, 5.74) is -1.16. The van der Waals surface area contributed by atoms with Crippen LogP contribution in [-0.4, -0.2) is 29.5 Å². The summed E-state index contributed by atoms with van der Waals surface area (Å²) >= 11 is 1.40. The standard InChI is InChI=1S/C12H18N2O3S/c1-8(2)14-11(16)10(15)13-7-12(3,17)9-5-4-6-18-9/h4-6,8,17H,7H2,1-3H3,(H,13,15)(H,14,16). The van der Waals surface area contributed by atoms with Gasteiger partial charge in [-0.25, -0.2) is 0 Å². The Labute approximate surface area is 110 Å². The second kappa shape index (κ2) is 5.97. The van der Waals surface area contributed by atoms with Gasteiger partial charge in [-0.2, -0.15) is 0 Å². The molecule has 0 fully saturated rings. The molecule has 0 aliphatic rings. The molecule has 0 aliphatic heterocycles. The number of thiophene rings is 1. The summed E-state index contributed by atoms with van der Waals surface area (Å²) in [6.45, 7) is 5.14. The first-order valence-corrected chi connectivity index (χ1v) is 6.56. The third-order valence-corrected chi connectivity index (χ3v) is 3.39. The van der Waals surface area contributed by atoms with Crippen LogP contribution in [0.4, 0.5) is 0 Å². The lowest BCUT2D eigenvalue weighted by atomic mass is 10.1. The fourth-order valence-electron chi connectivity index (χ4n) is 1.33. The van der Waals surface area contributed by atoms with Gasteiger partial charge in [-0.05, 0) is 32.2 Å². The van der Waals surface area contributed by atoms with Gasteiger partial charge in [0, 0.05) is 10.9 Å². The van der Waals surface area contributed by atoms with Crippen molar-refractivity contribution in [3.8, 4) is 0 Å². The van der Waals surface area contributed by atoms with Crippen LogP contribution in [0, 0.1) is 0 Å². The van der Waals surface area contributed by atoms with Crippen molar-refractivity contribution in [3.63, 3.8) is 0 Å². The first kappa shape index (κ1) is 14.7. The van der Waals surface area contributed by atoms with Gasteiger partial charge in [0.1, 0.15) is 5.60 Å². The summed E-state index contributed by atoms with van der Waals surface area (Å²) in [6.07, 6.45) is 0. The SMILES string of the molecule is CC(C)NC(=O)C(=O)NCC(C)(O)c1cccs1. The van der Waals surface area contributed by atoms with Crippen molar-refractivity contribution in [2.45, 2.75) is 32.4 Å². The lowest BCUT2D eigenvalue weighted by Crippen LogP contribution is -2.46. The van der Waals surface area contributed by atoms with E-state index in [9.17, 15) is 14.7 Å². The predicted molar refractivity (Wildman–Crippen MR) is 70.2 cm³/mol. The van der Waals surface area contributed by atoms with Gasteiger partial charge in [-0.3, -0.25) is 9.59 Å². The van der Waals surface area contributed by atoms with E-state index in [1.165, 1.54) is 11.3 Å². The molecule has 1 rings (SSSR count). The highest BCUT2D eigenvalue weighted by atomic mass is 32.1. The largest absolute Gasteiger partial charge is 0.383 e. The topological polar surface area (TPSA) is 78.4 Å². The van der Waals surface area contributed by atoms with Gasteiger partial charge in [-0.1, -0.05) is 6.07 Å². The van der Waals surface area contributed by atoms with Gasteiger partial charge in [0.2, 0.25) is 0 Å². The van der Waals surface area contributed by atoms with Crippen molar-refractivity contribution in [1.29, 1.82) is 0 Å². The Kier molecular flexibility index (Phi) is 4.86. The lowest BCUT2D eigenvalue weighted by molar-refractivity contribution is -0.140.